The number of carbonyl (C=O) groups excluding carboxylic acids is 1. The van der Waals surface area contributed by atoms with Gasteiger partial charge in [-0.2, -0.15) is 0 Å². The largest absolute Gasteiger partial charge is 0.373 e. The topological polar surface area (TPSA) is 41.1 Å². The molecule has 0 aliphatic carbocycles. The van der Waals surface area contributed by atoms with Gasteiger partial charge in [0.25, 0.3) is 0 Å². The van der Waals surface area contributed by atoms with Crippen LogP contribution < -0.4 is 10.6 Å². The van der Waals surface area contributed by atoms with Crippen molar-refractivity contribution in [1.29, 1.82) is 0 Å². The van der Waals surface area contributed by atoms with Gasteiger partial charge in [0.2, 0.25) is 5.91 Å². The van der Waals surface area contributed by atoms with Crippen LogP contribution in [0.15, 0.2) is 24.3 Å². The van der Waals surface area contributed by atoms with Gasteiger partial charge in [0.15, 0.2) is 0 Å². The maximum absolute atomic E-state index is 12.2. The van der Waals surface area contributed by atoms with Crippen molar-refractivity contribution in [2.24, 2.45) is 0 Å². The summed E-state index contributed by atoms with van der Waals surface area (Å²) in [7, 11) is 0. The molecule has 0 aromatic heterocycles. The number of nitrogens with one attached hydrogen (secondary N) is 2. The van der Waals surface area contributed by atoms with Gasteiger partial charge in [0.05, 0.1) is 0 Å². The average Bonchev–Trinajstić information content (AvgIpc) is 2.83. The minimum absolute atomic E-state index is 0.106. The molecule has 1 aliphatic heterocycles. The zero-order valence-corrected chi connectivity index (χ0v) is 11.9. The molecule has 1 amide bonds. The lowest BCUT2D eigenvalue weighted by Gasteiger charge is -2.17. The smallest absolute Gasteiger partial charge is 0.243 e. The Balaban J connectivity index is 1.79. The van der Waals surface area contributed by atoms with E-state index in [2.05, 4.69) is 30.5 Å². The van der Waals surface area contributed by atoms with Crippen LogP contribution in [0.1, 0.15) is 45.1 Å². The van der Waals surface area contributed by atoms with Crippen molar-refractivity contribution >= 4 is 11.6 Å². The summed E-state index contributed by atoms with van der Waals surface area (Å²) in [6, 6.07) is 8.30. The maximum Gasteiger partial charge on any atom is 0.243 e. The van der Waals surface area contributed by atoms with Crippen molar-refractivity contribution in [3.05, 3.63) is 29.8 Å². The first kappa shape index (κ1) is 13.9. The molecule has 104 valence electrons. The van der Waals surface area contributed by atoms with Crippen LogP contribution in [0.4, 0.5) is 5.69 Å². The lowest BCUT2D eigenvalue weighted by Crippen LogP contribution is -2.42. The van der Waals surface area contributed by atoms with E-state index in [4.69, 9.17) is 0 Å². The molecular formula is C16H24N2O. The molecule has 1 unspecified atom stereocenters. The number of amides is 1. The van der Waals surface area contributed by atoms with Crippen molar-refractivity contribution in [3.8, 4) is 0 Å². The molecule has 0 fully saturated rings. The van der Waals surface area contributed by atoms with Gasteiger partial charge in [-0.1, -0.05) is 44.4 Å². The molecule has 1 heterocycles. The number of rotatable bonds is 6. The zero-order chi connectivity index (χ0) is 13.7. The molecule has 19 heavy (non-hydrogen) atoms. The van der Waals surface area contributed by atoms with Gasteiger partial charge < -0.3 is 10.6 Å². The molecule has 2 atom stereocenters. The van der Waals surface area contributed by atoms with E-state index in [0.29, 0.717) is 0 Å². The highest BCUT2D eigenvalue weighted by atomic mass is 16.2. The maximum atomic E-state index is 12.2. The van der Waals surface area contributed by atoms with Crippen molar-refractivity contribution in [1.82, 2.24) is 5.32 Å². The normalized spacial score (nSPS) is 18.5. The molecule has 0 radical (unpaired) electrons. The first-order valence-electron chi connectivity index (χ1n) is 7.35. The Kier molecular flexibility index (Phi) is 4.83. The van der Waals surface area contributed by atoms with E-state index in [0.717, 1.165) is 18.5 Å². The van der Waals surface area contributed by atoms with Crippen LogP contribution in [0.25, 0.3) is 0 Å². The summed E-state index contributed by atoms with van der Waals surface area (Å²) >= 11 is 0. The molecule has 3 nitrogen and oxygen atoms in total. The summed E-state index contributed by atoms with van der Waals surface area (Å²) in [5.41, 5.74) is 2.34. The van der Waals surface area contributed by atoms with Crippen LogP contribution >= 0.6 is 0 Å². The summed E-state index contributed by atoms with van der Waals surface area (Å²) in [4.78, 5) is 12.2. The Morgan fingerprint density at radius 1 is 1.42 bits per heavy atom. The van der Waals surface area contributed by atoms with Crippen molar-refractivity contribution in [2.45, 2.75) is 58.0 Å². The third-order valence-electron chi connectivity index (χ3n) is 3.72. The van der Waals surface area contributed by atoms with Gasteiger partial charge in [-0.25, -0.2) is 0 Å². The quantitative estimate of drug-likeness (QED) is 0.772. The minimum atomic E-state index is -0.106. The first-order chi connectivity index (χ1) is 9.20. The van der Waals surface area contributed by atoms with E-state index in [-0.39, 0.29) is 18.0 Å². The van der Waals surface area contributed by atoms with Crippen LogP contribution in [0, 0.1) is 0 Å². The molecule has 0 saturated carbocycles. The van der Waals surface area contributed by atoms with Gasteiger partial charge in [-0.3, -0.25) is 4.79 Å². The van der Waals surface area contributed by atoms with Crippen molar-refractivity contribution < 1.29 is 4.79 Å². The molecule has 0 spiro atoms. The number of para-hydroxylation sites is 1. The van der Waals surface area contributed by atoms with Crippen LogP contribution in [-0.4, -0.2) is 18.0 Å². The molecule has 1 aromatic carbocycles. The second-order valence-corrected chi connectivity index (χ2v) is 5.46. The fourth-order valence-electron chi connectivity index (χ4n) is 2.57. The van der Waals surface area contributed by atoms with E-state index in [1.165, 1.54) is 24.8 Å². The number of anilines is 1. The summed E-state index contributed by atoms with van der Waals surface area (Å²) in [5.74, 6) is 0.125. The van der Waals surface area contributed by atoms with Gasteiger partial charge in [0, 0.05) is 18.2 Å². The summed E-state index contributed by atoms with van der Waals surface area (Å²) in [6.07, 6.45) is 5.52. The third kappa shape index (κ3) is 3.72. The SMILES string of the molecule is CCCCCC(C)NC(=O)[C@@H]1Cc2ccccc2N1. The van der Waals surface area contributed by atoms with Gasteiger partial charge in [-0.05, 0) is 25.0 Å². The fourth-order valence-corrected chi connectivity index (χ4v) is 2.57. The highest BCUT2D eigenvalue weighted by Gasteiger charge is 2.26. The fraction of sp³-hybridized carbons (Fsp3) is 0.562. The zero-order valence-electron chi connectivity index (χ0n) is 11.9. The highest BCUT2D eigenvalue weighted by molar-refractivity contribution is 5.87. The Bertz CT molecular complexity index is 406. The molecule has 2 N–H and O–H groups in total. The Hall–Kier alpha value is -1.51. The lowest BCUT2D eigenvalue weighted by molar-refractivity contribution is -0.122. The number of benzene rings is 1. The lowest BCUT2D eigenvalue weighted by atomic mass is 10.1. The number of hydrogen-bond donors (Lipinski definition) is 2. The molecule has 1 aromatic rings. The van der Waals surface area contributed by atoms with E-state index in [1.807, 2.05) is 18.2 Å². The average molecular weight is 260 g/mol. The summed E-state index contributed by atoms with van der Waals surface area (Å²) in [6.45, 7) is 4.29. The predicted octanol–water partition coefficient (Wildman–Crippen LogP) is 3.11. The number of fused-ring (bicyclic) bond motifs is 1. The number of carbonyl (C=O) groups is 1. The van der Waals surface area contributed by atoms with Crippen LogP contribution in [0.2, 0.25) is 0 Å². The predicted molar refractivity (Wildman–Crippen MR) is 79.3 cm³/mol. The van der Waals surface area contributed by atoms with Gasteiger partial charge in [-0.15, -0.1) is 0 Å². The van der Waals surface area contributed by atoms with E-state index < -0.39 is 0 Å². The monoisotopic (exact) mass is 260 g/mol. The third-order valence-corrected chi connectivity index (χ3v) is 3.72. The molecule has 0 bridgehead atoms. The molecule has 3 heteroatoms. The Labute approximate surface area is 115 Å². The van der Waals surface area contributed by atoms with E-state index in [1.54, 1.807) is 0 Å². The van der Waals surface area contributed by atoms with Gasteiger partial charge >= 0.3 is 0 Å². The highest BCUT2D eigenvalue weighted by Crippen LogP contribution is 2.25. The van der Waals surface area contributed by atoms with E-state index >= 15 is 0 Å². The van der Waals surface area contributed by atoms with E-state index in [9.17, 15) is 4.79 Å². The molecule has 1 aliphatic rings. The van der Waals surface area contributed by atoms with Crippen LogP contribution in [-0.2, 0) is 11.2 Å². The van der Waals surface area contributed by atoms with Crippen molar-refractivity contribution in [2.75, 3.05) is 5.32 Å². The van der Waals surface area contributed by atoms with Crippen molar-refractivity contribution in [3.63, 3.8) is 0 Å². The first-order valence-corrected chi connectivity index (χ1v) is 7.35. The molecule has 0 saturated heterocycles. The number of hydrogen-bond acceptors (Lipinski definition) is 2. The second kappa shape index (κ2) is 6.60. The Morgan fingerprint density at radius 2 is 2.21 bits per heavy atom. The summed E-state index contributed by atoms with van der Waals surface area (Å²) < 4.78 is 0. The molecular weight excluding hydrogens is 236 g/mol. The Morgan fingerprint density at radius 3 is 2.95 bits per heavy atom. The molecule has 2 rings (SSSR count). The number of unbranched alkanes of at least 4 members (excludes halogenated alkanes) is 2. The minimum Gasteiger partial charge on any atom is -0.373 e. The standard InChI is InChI=1S/C16H24N2O/c1-3-4-5-8-12(2)17-16(19)15-11-13-9-6-7-10-14(13)18-15/h6-7,9-10,12,15,18H,3-5,8,11H2,1-2H3,(H,17,19)/t12?,15-/m0/s1. The van der Waals surface area contributed by atoms with Gasteiger partial charge in [0.1, 0.15) is 6.04 Å². The summed E-state index contributed by atoms with van der Waals surface area (Å²) in [5, 5.41) is 6.41. The van der Waals surface area contributed by atoms with Crippen LogP contribution in [0.3, 0.4) is 0 Å². The second-order valence-electron chi connectivity index (χ2n) is 5.46. The van der Waals surface area contributed by atoms with Crippen LogP contribution in [0.5, 0.6) is 0 Å².